The Morgan fingerprint density at radius 1 is 0.259 bits per heavy atom. The topological polar surface area (TPSA) is 78.9 Å². The molecule has 6 heteroatoms. The lowest BCUT2D eigenvalue weighted by Crippen LogP contribution is -2.30. The fourth-order valence-electron chi connectivity index (χ4n) is 9.90. The highest BCUT2D eigenvalue weighted by molar-refractivity contribution is 5.71. The highest BCUT2D eigenvalue weighted by Gasteiger charge is 2.19. The predicted molar refractivity (Wildman–Crippen MR) is 353 cm³/mol. The normalized spacial score (nSPS) is 12.7. The molecule has 0 aliphatic rings. The van der Waals surface area contributed by atoms with Crippen LogP contribution in [0.25, 0.3) is 0 Å². The van der Waals surface area contributed by atoms with E-state index < -0.39 is 6.10 Å². The lowest BCUT2D eigenvalue weighted by molar-refractivity contribution is -0.167. The first-order valence-corrected chi connectivity index (χ1v) is 34.7. The molecule has 0 spiro atoms. The molecule has 0 fully saturated rings. The number of hydrogen-bond donors (Lipinski definition) is 0. The van der Waals surface area contributed by atoms with Crippen molar-refractivity contribution >= 4 is 17.9 Å². The highest BCUT2D eigenvalue weighted by atomic mass is 16.6. The van der Waals surface area contributed by atoms with Gasteiger partial charge in [0.25, 0.3) is 0 Å². The van der Waals surface area contributed by atoms with Gasteiger partial charge >= 0.3 is 17.9 Å². The van der Waals surface area contributed by atoms with Crippen LogP contribution in [0.3, 0.4) is 0 Å². The zero-order valence-electron chi connectivity index (χ0n) is 53.5. The number of rotatable bonds is 63. The number of carbonyl (C=O) groups excluding carboxylic acids is 3. The molecule has 0 heterocycles. The summed E-state index contributed by atoms with van der Waals surface area (Å²) in [6, 6.07) is 0. The summed E-state index contributed by atoms with van der Waals surface area (Å²) in [5.74, 6) is -0.958. The Bertz CT molecular complexity index is 1580. The van der Waals surface area contributed by atoms with Crippen molar-refractivity contribution < 1.29 is 28.6 Å². The first-order valence-electron chi connectivity index (χ1n) is 34.7. The predicted octanol–water partition coefficient (Wildman–Crippen LogP) is 24.0. The maximum atomic E-state index is 12.9. The molecule has 0 bridgehead atoms. The molecule has 0 aromatic heterocycles. The van der Waals surface area contributed by atoms with Gasteiger partial charge in [-0.05, 0) is 96.3 Å². The molecule has 1 unspecified atom stereocenters. The summed E-state index contributed by atoms with van der Waals surface area (Å²) in [5.41, 5.74) is 0. The van der Waals surface area contributed by atoms with E-state index in [1.165, 1.54) is 193 Å². The van der Waals surface area contributed by atoms with Crippen molar-refractivity contribution in [3.05, 3.63) is 97.2 Å². The fraction of sp³-hybridized carbons (Fsp3) is 0.747. The molecule has 0 radical (unpaired) electrons. The first-order chi connectivity index (χ1) is 40.0. The minimum Gasteiger partial charge on any atom is -0.462 e. The second-order valence-electron chi connectivity index (χ2n) is 23.1. The minimum atomic E-state index is -0.812. The van der Waals surface area contributed by atoms with Gasteiger partial charge in [-0.25, -0.2) is 0 Å². The summed E-state index contributed by atoms with van der Waals surface area (Å²) in [4.78, 5) is 38.3. The monoisotopic (exact) mass is 1130 g/mol. The summed E-state index contributed by atoms with van der Waals surface area (Å²) in [6.07, 6.45) is 93.1. The van der Waals surface area contributed by atoms with Gasteiger partial charge in [-0.3, -0.25) is 14.4 Å². The molecule has 466 valence electrons. The average molecular weight is 1130 g/mol. The third-order valence-electron chi connectivity index (χ3n) is 15.1. The Hall–Kier alpha value is -3.67. The van der Waals surface area contributed by atoms with Crippen molar-refractivity contribution in [1.29, 1.82) is 0 Å². The fourth-order valence-corrected chi connectivity index (χ4v) is 9.90. The van der Waals surface area contributed by atoms with Crippen molar-refractivity contribution in [3.63, 3.8) is 0 Å². The van der Waals surface area contributed by atoms with Crippen LogP contribution in [0.15, 0.2) is 97.2 Å². The van der Waals surface area contributed by atoms with Crippen molar-refractivity contribution in [1.82, 2.24) is 0 Å². The van der Waals surface area contributed by atoms with Gasteiger partial charge in [-0.2, -0.15) is 0 Å². The SMILES string of the molecule is CC/C=C\C/C=C\C/C=C\C/C=C\C/C=C\C/C=C\C/C=C\CCCC(=O)OC(COC(=O)CCCCCCC/C=C\CCCCC)COC(=O)CCCCCCCCCCCCCCCCCCCCCCCCCCCCCC. The van der Waals surface area contributed by atoms with Gasteiger partial charge in [0.1, 0.15) is 13.2 Å². The molecular weight excluding hydrogens is 997 g/mol. The van der Waals surface area contributed by atoms with Gasteiger partial charge in [0, 0.05) is 19.3 Å². The summed E-state index contributed by atoms with van der Waals surface area (Å²) >= 11 is 0. The lowest BCUT2D eigenvalue weighted by Gasteiger charge is -2.18. The molecular formula is C75H130O6. The minimum absolute atomic E-state index is 0.101. The third-order valence-corrected chi connectivity index (χ3v) is 15.1. The molecule has 0 aromatic rings. The van der Waals surface area contributed by atoms with Crippen LogP contribution < -0.4 is 0 Å². The first kappa shape index (κ1) is 77.3. The summed E-state index contributed by atoms with van der Waals surface area (Å²) in [7, 11) is 0. The Labute approximate surface area is 502 Å². The van der Waals surface area contributed by atoms with E-state index in [2.05, 4.69) is 118 Å². The van der Waals surface area contributed by atoms with Crippen LogP contribution in [0.5, 0.6) is 0 Å². The lowest BCUT2D eigenvalue weighted by atomic mass is 10.0. The van der Waals surface area contributed by atoms with Crippen LogP contribution >= 0.6 is 0 Å². The summed E-state index contributed by atoms with van der Waals surface area (Å²) in [5, 5.41) is 0. The van der Waals surface area contributed by atoms with Gasteiger partial charge in [0.2, 0.25) is 0 Å². The van der Waals surface area contributed by atoms with E-state index >= 15 is 0 Å². The summed E-state index contributed by atoms with van der Waals surface area (Å²) < 4.78 is 16.9. The number of carbonyl (C=O) groups is 3. The highest BCUT2D eigenvalue weighted by Crippen LogP contribution is 2.18. The van der Waals surface area contributed by atoms with Crippen LogP contribution in [0.2, 0.25) is 0 Å². The van der Waals surface area contributed by atoms with Crippen LogP contribution in [0, 0.1) is 0 Å². The third kappa shape index (κ3) is 67.0. The van der Waals surface area contributed by atoms with Gasteiger partial charge in [0.15, 0.2) is 6.10 Å². The van der Waals surface area contributed by atoms with Crippen LogP contribution in [0.1, 0.15) is 342 Å². The Balaban J connectivity index is 4.31. The smallest absolute Gasteiger partial charge is 0.306 e. The van der Waals surface area contributed by atoms with Crippen molar-refractivity contribution in [3.8, 4) is 0 Å². The molecule has 1 atom stereocenters. The molecule has 6 nitrogen and oxygen atoms in total. The zero-order valence-corrected chi connectivity index (χ0v) is 53.5. The number of ether oxygens (including phenoxy) is 3. The van der Waals surface area contributed by atoms with Crippen molar-refractivity contribution in [2.75, 3.05) is 13.2 Å². The molecule has 0 aliphatic carbocycles. The van der Waals surface area contributed by atoms with E-state index in [0.717, 1.165) is 103 Å². The quantitative estimate of drug-likeness (QED) is 0.0261. The van der Waals surface area contributed by atoms with Gasteiger partial charge in [-0.1, -0.05) is 323 Å². The van der Waals surface area contributed by atoms with E-state index in [-0.39, 0.29) is 37.5 Å². The van der Waals surface area contributed by atoms with Crippen LogP contribution in [0.4, 0.5) is 0 Å². The second kappa shape index (κ2) is 68.8. The van der Waals surface area contributed by atoms with Crippen LogP contribution in [-0.4, -0.2) is 37.2 Å². The standard InChI is InChI=1S/C75H130O6/c1-4-7-10-13-16-19-22-25-27-29-31-33-35-36-37-38-39-41-42-44-46-48-50-53-56-59-62-65-68-74(77)80-71-72(70-79-73(76)67-64-61-58-55-52-24-21-18-15-12-9-6-3)81-75(78)69-66-63-60-57-54-51-49-47-45-43-40-34-32-30-28-26-23-20-17-14-11-8-5-2/h8,11,17-18,20-21,26,28,32,34,43,45,49,51,57,60,72H,4-7,9-10,12-16,19,22-25,27,29-31,33,35-42,44,46-48,50,52-56,58-59,61-71H2,1-3H3/b11-8-,20-17-,21-18-,28-26-,34-32-,45-43-,51-49-,60-57-. The molecule has 0 N–H and O–H groups in total. The van der Waals surface area contributed by atoms with Gasteiger partial charge < -0.3 is 14.2 Å². The molecule has 0 saturated heterocycles. The Kier molecular flexibility index (Phi) is 65.7. The maximum absolute atomic E-state index is 12.9. The largest absolute Gasteiger partial charge is 0.462 e. The van der Waals surface area contributed by atoms with Crippen LogP contribution in [-0.2, 0) is 28.6 Å². The number of unbranched alkanes of at least 4 members (excludes halogenated alkanes) is 36. The van der Waals surface area contributed by atoms with E-state index in [1.807, 2.05) is 0 Å². The molecule has 0 aliphatic heterocycles. The van der Waals surface area contributed by atoms with Crippen molar-refractivity contribution in [2.24, 2.45) is 0 Å². The average Bonchev–Trinajstić information content (AvgIpc) is 3.47. The molecule has 0 rings (SSSR count). The second-order valence-corrected chi connectivity index (χ2v) is 23.1. The molecule has 0 saturated carbocycles. The molecule has 0 amide bonds. The summed E-state index contributed by atoms with van der Waals surface area (Å²) in [6.45, 7) is 6.49. The number of esters is 3. The van der Waals surface area contributed by atoms with E-state index in [4.69, 9.17) is 14.2 Å². The Morgan fingerprint density at radius 3 is 0.827 bits per heavy atom. The van der Waals surface area contributed by atoms with Crippen molar-refractivity contribution in [2.45, 2.75) is 348 Å². The van der Waals surface area contributed by atoms with Gasteiger partial charge in [-0.15, -0.1) is 0 Å². The maximum Gasteiger partial charge on any atom is 0.306 e. The van der Waals surface area contributed by atoms with E-state index in [0.29, 0.717) is 19.3 Å². The molecule has 0 aromatic carbocycles. The van der Waals surface area contributed by atoms with E-state index in [1.54, 1.807) is 0 Å². The zero-order chi connectivity index (χ0) is 58.5. The van der Waals surface area contributed by atoms with Gasteiger partial charge in [0.05, 0.1) is 0 Å². The number of allylic oxidation sites excluding steroid dienone is 16. The Morgan fingerprint density at radius 2 is 0.494 bits per heavy atom. The van der Waals surface area contributed by atoms with E-state index in [9.17, 15) is 14.4 Å². The number of hydrogen-bond acceptors (Lipinski definition) is 6. The molecule has 81 heavy (non-hydrogen) atoms.